The number of ether oxygens (including phenoxy) is 1. The molecule has 2 N–H and O–H groups in total. The van der Waals surface area contributed by atoms with Gasteiger partial charge in [0.1, 0.15) is 0 Å². The molecule has 5 heteroatoms. The zero-order chi connectivity index (χ0) is 15.0. The maximum Gasteiger partial charge on any atom is 0.220 e. The van der Waals surface area contributed by atoms with Crippen LogP contribution in [0.4, 0.5) is 0 Å². The Labute approximate surface area is 121 Å². The fourth-order valence-corrected chi connectivity index (χ4v) is 2.67. The minimum Gasteiger partial charge on any atom is -0.383 e. The summed E-state index contributed by atoms with van der Waals surface area (Å²) in [5.74, 6) is 1.06. The molecule has 3 atom stereocenters. The molecule has 0 bridgehead atoms. The molecule has 0 aromatic rings. The summed E-state index contributed by atoms with van der Waals surface area (Å²) in [4.78, 5) is 23.4. The summed E-state index contributed by atoms with van der Waals surface area (Å²) in [6.45, 7) is 5.43. The SMILES string of the molecule is COCCNC(=O)CCC(=O)N[C@@H]1CCC[C@H](C)[C@H]1C. The second-order valence-electron chi connectivity index (χ2n) is 5.78. The lowest BCUT2D eigenvalue weighted by atomic mass is 9.78. The summed E-state index contributed by atoms with van der Waals surface area (Å²) >= 11 is 0. The number of carbonyl (C=O) groups is 2. The molecule has 0 radical (unpaired) electrons. The third kappa shape index (κ3) is 5.90. The van der Waals surface area contributed by atoms with Gasteiger partial charge in [-0.3, -0.25) is 9.59 Å². The van der Waals surface area contributed by atoms with E-state index in [0.717, 1.165) is 6.42 Å². The fourth-order valence-electron chi connectivity index (χ4n) is 2.67. The first-order valence-electron chi connectivity index (χ1n) is 7.59. The summed E-state index contributed by atoms with van der Waals surface area (Å²) < 4.78 is 4.85. The molecule has 1 aliphatic rings. The van der Waals surface area contributed by atoms with Crippen LogP contribution in [0.15, 0.2) is 0 Å². The van der Waals surface area contributed by atoms with Crippen LogP contribution in [0.3, 0.4) is 0 Å². The van der Waals surface area contributed by atoms with E-state index in [0.29, 0.717) is 25.0 Å². The van der Waals surface area contributed by atoms with E-state index in [1.807, 2.05) is 0 Å². The highest BCUT2D eigenvalue weighted by Gasteiger charge is 2.27. The van der Waals surface area contributed by atoms with Crippen LogP contribution in [0.5, 0.6) is 0 Å². The molecule has 0 aromatic heterocycles. The number of amides is 2. The molecule has 0 aromatic carbocycles. The summed E-state index contributed by atoms with van der Waals surface area (Å²) in [5.41, 5.74) is 0. The van der Waals surface area contributed by atoms with Crippen LogP contribution < -0.4 is 10.6 Å². The molecule has 1 saturated carbocycles. The first-order chi connectivity index (χ1) is 9.54. The predicted octanol–water partition coefficient (Wildman–Crippen LogP) is 1.47. The topological polar surface area (TPSA) is 67.4 Å². The molecule has 1 rings (SSSR count). The molecular formula is C15H28N2O3. The monoisotopic (exact) mass is 284 g/mol. The highest BCUT2D eigenvalue weighted by atomic mass is 16.5. The third-order valence-corrected chi connectivity index (χ3v) is 4.26. The molecule has 20 heavy (non-hydrogen) atoms. The largest absolute Gasteiger partial charge is 0.383 e. The summed E-state index contributed by atoms with van der Waals surface area (Å²) in [6, 6.07) is 0.266. The van der Waals surface area contributed by atoms with Gasteiger partial charge in [0.15, 0.2) is 0 Å². The maximum absolute atomic E-state index is 11.9. The molecule has 1 fully saturated rings. The second kappa shape index (κ2) is 8.95. The molecule has 0 aliphatic heterocycles. The van der Waals surface area contributed by atoms with Crippen molar-refractivity contribution >= 4 is 11.8 Å². The third-order valence-electron chi connectivity index (χ3n) is 4.26. The first kappa shape index (κ1) is 17.0. The van der Waals surface area contributed by atoms with Gasteiger partial charge in [0.25, 0.3) is 0 Å². The Morgan fingerprint density at radius 1 is 1.15 bits per heavy atom. The van der Waals surface area contributed by atoms with Gasteiger partial charge >= 0.3 is 0 Å². The number of hydrogen-bond donors (Lipinski definition) is 2. The van der Waals surface area contributed by atoms with E-state index in [1.165, 1.54) is 12.8 Å². The van der Waals surface area contributed by atoms with Gasteiger partial charge in [0, 0.05) is 32.5 Å². The van der Waals surface area contributed by atoms with Crippen LogP contribution in [0, 0.1) is 11.8 Å². The van der Waals surface area contributed by atoms with Gasteiger partial charge in [-0.1, -0.05) is 26.7 Å². The van der Waals surface area contributed by atoms with E-state index < -0.39 is 0 Å². The van der Waals surface area contributed by atoms with Crippen molar-refractivity contribution in [3.8, 4) is 0 Å². The Balaban J connectivity index is 2.21. The molecule has 0 heterocycles. The number of carbonyl (C=O) groups excluding carboxylic acids is 2. The van der Waals surface area contributed by atoms with Crippen molar-refractivity contribution in [3.05, 3.63) is 0 Å². The van der Waals surface area contributed by atoms with Gasteiger partial charge in [-0.25, -0.2) is 0 Å². The number of rotatable bonds is 7. The minimum absolute atomic E-state index is 0.0159. The number of nitrogens with one attached hydrogen (secondary N) is 2. The van der Waals surface area contributed by atoms with Gasteiger partial charge in [-0.05, 0) is 18.3 Å². The van der Waals surface area contributed by atoms with E-state index in [9.17, 15) is 9.59 Å². The zero-order valence-corrected chi connectivity index (χ0v) is 12.9. The highest BCUT2D eigenvalue weighted by molar-refractivity contribution is 5.83. The molecule has 2 amide bonds. The van der Waals surface area contributed by atoms with Crippen LogP contribution in [0.1, 0.15) is 46.0 Å². The Morgan fingerprint density at radius 2 is 1.85 bits per heavy atom. The first-order valence-corrected chi connectivity index (χ1v) is 7.59. The van der Waals surface area contributed by atoms with Crippen LogP contribution in [-0.2, 0) is 14.3 Å². The van der Waals surface area contributed by atoms with Crippen molar-refractivity contribution in [2.24, 2.45) is 11.8 Å². The summed E-state index contributed by atoms with van der Waals surface area (Å²) in [5, 5.41) is 5.79. The van der Waals surface area contributed by atoms with Crippen molar-refractivity contribution in [2.75, 3.05) is 20.3 Å². The lowest BCUT2D eigenvalue weighted by molar-refractivity contribution is -0.127. The van der Waals surface area contributed by atoms with E-state index in [4.69, 9.17) is 4.74 Å². The second-order valence-corrected chi connectivity index (χ2v) is 5.78. The molecular weight excluding hydrogens is 256 g/mol. The van der Waals surface area contributed by atoms with Crippen LogP contribution in [-0.4, -0.2) is 38.1 Å². The van der Waals surface area contributed by atoms with Gasteiger partial charge in [0.05, 0.1) is 6.61 Å². The number of methoxy groups -OCH3 is 1. The Morgan fingerprint density at radius 3 is 2.55 bits per heavy atom. The molecule has 116 valence electrons. The smallest absolute Gasteiger partial charge is 0.220 e. The van der Waals surface area contributed by atoms with E-state index in [1.54, 1.807) is 7.11 Å². The van der Waals surface area contributed by atoms with Gasteiger partial charge in [-0.2, -0.15) is 0 Å². The Hall–Kier alpha value is -1.10. The van der Waals surface area contributed by atoms with Crippen molar-refractivity contribution in [2.45, 2.75) is 52.0 Å². The summed E-state index contributed by atoms with van der Waals surface area (Å²) in [7, 11) is 1.59. The number of hydrogen-bond acceptors (Lipinski definition) is 3. The Bertz CT molecular complexity index is 320. The van der Waals surface area contributed by atoms with Crippen LogP contribution in [0.2, 0.25) is 0 Å². The molecule has 1 aliphatic carbocycles. The molecule has 0 saturated heterocycles. The normalized spacial score (nSPS) is 26.1. The fraction of sp³-hybridized carbons (Fsp3) is 0.867. The highest BCUT2D eigenvalue weighted by Crippen LogP contribution is 2.29. The van der Waals surface area contributed by atoms with Crippen molar-refractivity contribution in [1.29, 1.82) is 0 Å². The van der Waals surface area contributed by atoms with E-state index in [2.05, 4.69) is 24.5 Å². The minimum atomic E-state index is -0.0951. The Kier molecular flexibility index (Phi) is 7.59. The quantitative estimate of drug-likeness (QED) is 0.696. The average Bonchev–Trinajstić information content (AvgIpc) is 2.42. The summed E-state index contributed by atoms with van der Waals surface area (Å²) in [6.07, 6.45) is 3.98. The van der Waals surface area contributed by atoms with Crippen molar-refractivity contribution in [1.82, 2.24) is 10.6 Å². The van der Waals surface area contributed by atoms with Gasteiger partial charge in [-0.15, -0.1) is 0 Å². The molecule has 0 spiro atoms. The van der Waals surface area contributed by atoms with Crippen molar-refractivity contribution in [3.63, 3.8) is 0 Å². The lowest BCUT2D eigenvalue weighted by Gasteiger charge is -2.34. The molecule has 5 nitrogen and oxygen atoms in total. The van der Waals surface area contributed by atoms with Crippen LogP contribution >= 0.6 is 0 Å². The van der Waals surface area contributed by atoms with Gasteiger partial charge in [0.2, 0.25) is 11.8 Å². The molecule has 0 unspecified atom stereocenters. The zero-order valence-electron chi connectivity index (χ0n) is 12.9. The van der Waals surface area contributed by atoms with Crippen LogP contribution in [0.25, 0.3) is 0 Å². The predicted molar refractivity (Wildman–Crippen MR) is 78.2 cm³/mol. The lowest BCUT2D eigenvalue weighted by Crippen LogP contribution is -2.44. The van der Waals surface area contributed by atoms with E-state index >= 15 is 0 Å². The average molecular weight is 284 g/mol. The van der Waals surface area contributed by atoms with E-state index in [-0.39, 0.29) is 30.7 Å². The van der Waals surface area contributed by atoms with Gasteiger partial charge < -0.3 is 15.4 Å². The maximum atomic E-state index is 11.9. The standard InChI is InChI=1S/C15H28N2O3/c1-11-5-4-6-13(12(11)2)17-15(19)8-7-14(18)16-9-10-20-3/h11-13H,4-10H2,1-3H3,(H,16,18)(H,17,19)/t11-,12+,13+/m0/s1. The van der Waals surface area contributed by atoms with Crippen molar-refractivity contribution < 1.29 is 14.3 Å².